The summed E-state index contributed by atoms with van der Waals surface area (Å²) >= 11 is 2.07. The number of nitrogens with zero attached hydrogens (tertiary/aromatic N) is 1. The maximum atomic E-state index is 3.73. The zero-order valence-corrected chi connectivity index (χ0v) is 14.1. The first kappa shape index (κ1) is 15.4. The van der Waals surface area contributed by atoms with E-state index in [9.17, 15) is 0 Å². The molecule has 1 N–H and O–H groups in total. The number of piperazine rings is 1. The predicted molar refractivity (Wildman–Crippen MR) is 92.9 cm³/mol. The Morgan fingerprint density at radius 3 is 2.76 bits per heavy atom. The SMILES string of the molecule is CSC1CCCC(N2CC(c3ccccc3)NCC2C)C1. The third-order valence-electron chi connectivity index (χ3n) is 5.22. The zero-order chi connectivity index (χ0) is 14.7. The van der Waals surface area contributed by atoms with Gasteiger partial charge in [0.15, 0.2) is 0 Å². The van der Waals surface area contributed by atoms with Gasteiger partial charge in [0.05, 0.1) is 0 Å². The van der Waals surface area contributed by atoms with E-state index in [1.165, 1.54) is 31.2 Å². The fraction of sp³-hybridized carbons (Fsp3) is 0.667. The van der Waals surface area contributed by atoms with E-state index in [2.05, 4.69) is 65.5 Å². The van der Waals surface area contributed by atoms with E-state index in [0.717, 1.165) is 24.4 Å². The lowest BCUT2D eigenvalue weighted by molar-refractivity contribution is 0.0713. The molecule has 21 heavy (non-hydrogen) atoms. The molecule has 3 rings (SSSR count). The van der Waals surface area contributed by atoms with E-state index in [0.29, 0.717) is 12.1 Å². The molecule has 0 radical (unpaired) electrons. The van der Waals surface area contributed by atoms with Crippen molar-refractivity contribution < 1.29 is 0 Å². The first-order valence-corrected chi connectivity index (χ1v) is 9.63. The molecular formula is C18H28N2S. The van der Waals surface area contributed by atoms with Crippen molar-refractivity contribution in [3.05, 3.63) is 35.9 Å². The van der Waals surface area contributed by atoms with Gasteiger partial charge in [-0.2, -0.15) is 11.8 Å². The number of rotatable bonds is 3. The standard InChI is InChI=1S/C18H28N2S/c1-14-12-19-18(15-7-4-3-5-8-15)13-20(14)16-9-6-10-17(11-16)21-2/h3-5,7-8,14,16-19H,6,9-13H2,1-2H3. The van der Waals surface area contributed by atoms with Gasteiger partial charge in [0.25, 0.3) is 0 Å². The molecule has 2 aliphatic rings. The summed E-state index contributed by atoms with van der Waals surface area (Å²) in [4.78, 5) is 2.79. The van der Waals surface area contributed by atoms with E-state index in [-0.39, 0.29) is 0 Å². The molecule has 1 aliphatic carbocycles. The second-order valence-corrected chi connectivity index (χ2v) is 7.73. The van der Waals surface area contributed by atoms with Crippen molar-refractivity contribution in [1.82, 2.24) is 10.2 Å². The van der Waals surface area contributed by atoms with Crippen LogP contribution in [-0.4, -0.2) is 41.6 Å². The summed E-state index contributed by atoms with van der Waals surface area (Å²) in [6.45, 7) is 4.66. The molecule has 4 atom stereocenters. The number of hydrogen-bond acceptors (Lipinski definition) is 3. The van der Waals surface area contributed by atoms with Gasteiger partial charge in [0.1, 0.15) is 0 Å². The molecule has 0 bridgehead atoms. The average molecular weight is 305 g/mol. The Morgan fingerprint density at radius 2 is 2.00 bits per heavy atom. The van der Waals surface area contributed by atoms with Crippen molar-refractivity contribution in [1.29, 1.82) is 0 Å². The largest absolute Gasteiger partial charge is 0.307 e. The topological polar surface area (TPSA) is 15.3 Å². The molecular weight excluding hydrogens is 276 g/mol. The highest BCUT2D eigenvalue weighted by Gasteiger charge is 2.33. The van der Waals surface area contributed by atoms with Gasteiger partial charge in [-0.3, -0.25) is 4.90 Å². The number of hydrogen-bond donors (Lipinski definition) is 1. The van der Waals surface area contributed by atoms with Crippen molar-refractivity contribution in [2.45, 2.75) is 56.0 Å². The van der Waals surface area contributed by atoms with Crippen molar-refractivity contribution >= 4 is 11.8 Å². The Bertz CT molecular complexity index is 436. The minimum Gasteiger partial charge on any atom is -0.307 e. The lowest BCUT2D eigenvalue weighted by Gasteiger charge is -2.46. The molecule has 1 heterocycles. The molecule has 0 aromatic heterocycles. The van der Waals surface area contributed by atoms with Gasteiger partial charge in [-0.25, -0.2) is 0 Å². The molecule has 2 fully saturated rings. The Hall–Kier alpha value is -0.510. The van der Waals surface area contributed by atoms with Crippen molar-refractivity contribution in [2.24, 2.45) is 0 Å². The van der Waals surface area contributed by atoms with Crippen LogP contribution in [0.4, 0.5) is 0 Å². The zero-order valence-electron chi connectivity index (χ0n) is 13.3. The van der Waals surface area contributed by atoms with Crippen LogP contribution in [0.25, 0.3) is 0 Å². The average Bonchev–Trinajstić information content (AvgIpc) is 2.56. The Kier molecular flexibility index (Phi) is 5.25. The highest BCUT2D eigenvalue weighted by atomic mass is 32.2. The summed E-state index contributed by atoms with van der Waals surface area (Å²) in [5.74, 6) is 0. The van der Waals surface area contributed by atoms with Crippen molar-refractivity contribution in [2.75, 3.05) is 19.3 Å². The second kappa shape index (κ2) is 7.17. The number of nitrogens with one attached hydrogen (secondary N) is 1. The Balaban J connectivity index is 1.69. The van der Waals surface area contributed by atoms with Crippen LogP contribution in [0.15, 0.2) is 30.3 Å². The van der Waals surface area contributed by atoms with Crippen molar-refractivity contribution in [3.8, 4) is 0 Å². The molecule has 1 saturated heterocycles. The molecule has 0 amide bonds. The minimum atomic E-state index is 0.497. The molecule has 116 valence electrons. The molecule has 2 nitrogen and oxygen atoms in total. The predicted octanol–water partition coefficient (Wildman–Crippen LogP) is 3.70. The Labute approximate surface area is 133 Å². The van der Waals surface area contributed by atoms with Gasteiger partial charge in [-0.05, 0) is 38.0 Å². The first-order valence-electron chi connectivity index (χ1n) is 8.35. The van der Waals surface area contributed by atoms with E-state index in [4.69, 9.17) is 0 Å². The van der Waals surface area contributed by atoms with Crippen LogP contribution in [0, 0.1) is 0 Å². The van der Waals surface area contributed by atoms with Gasteiger partial charge in [-0.15, -0.1) is 0 Å². The van der Waals surface area contributed by atoms with E-state index in [1.54, 1.807) is 0 Å². The number of thioether (sulfide) groups is 1. The number of benzene rings is 1. The first-order chi connectivity index (χ1) is 10.3. The summed E-state index contributed by atoms with van der Waals surface area (Å²) in [7, 11) is 0. The fourth-order valence-electron chi connectivity index (χ4n) is 3.94. The molecule has 0 spiro atoms. The van der Waals surface area contributed by atoms with Crippen LogP contribution in [0.3, 0.4) is 0 Å². The molecule has 1 aromatic carbocycles. The van der Waals surface area contributed by atoms with E-state index < -0.39 is 0 Å². The summed E-state index contributed by atoms with van der Waals surface area (Å²) < 4.78 is 0. The van der Waals surface area contributed by atoms with E-state index in [1.807, 2.05) is 0 Å². The summed E-state index contributed by atoms with van der Waals surface area (Å²) in [6.07, 6.45) is 7.88. The molecule has 1 aromatic rings. The van der Waals surface area contributed by atoms with Crippen LogP contribution in [0.2, 0.25) is 0 Å². The van der Waals surface area contributed by atoms with Crippen LogP contribution in [0.1, 0.15) is 44.2 Å². The molecule has 1 saturated carbocycles. The maximum Gasteiger partial charge on any atom is 0.0450 e. The summed E-state index contributed by atoms with van der Waals surface area (Å²) in [5, 5.41) is 4.61. The minimum absolute atomic E-state index is 0.497. The van der Waals surface area contributed by atoms with Crippen LogP contribution < -0.4 is 5.32 Å². The lowest BCUT2D eigenvalue weighted by Crippen LogP contribution is -2.56. The lowest BCUT2D eigenvalue weighted by atomic mass is 9.90. The summed E-state index contributed by atoms with van der Waals surface area (Å²) in [5.41, 5.74) is 1.44. The summed E-state index contributed by atoms with van der Waals surface area (Å²) in [6, 6.07) is 12.9. The van der Waals surface area contributed by atoms with Gasteiger partial charge in [0, 0.05) is 36.5 Å². The van der Waals surface area contributed by atoms with Gasteiger partial charge in [0.2, 0.25) is 0 Å². The highest BCUT2D eigenvalue weighted by Crippen LogP contribution is 2.33. The second-order valence-electron chi connectivity index (χ2n) is 6.60. The van der Waals surface area contributed by atoms with Crippen molar-refractivity contribution in [3.63, 3.8) is 0 Å². The van der Waals surface area contributed by atoms with Crippen LogP contribution in [-0.2, 0) is 0 Å². The normalized spacial score (nSPS) is 34.8. The quantitative estimate of drug-likeness (QED) is 0.917. The van der Waals surface area contributed by atoms with Crippen LogP contribution >= 0.6 is 11.8 Å². The van der Waals surface area contributed by atoms with Gasteiger partial charge < -0.3 is 5.32 Å². The molecule has 1 aliphatic heterocycles. The third kappa shape index (κ3) is 3.64. The maximum absolute atomic E-state index is 3.73. The fourth-order valence-corrected chi connectivity index (χ4v) is 4.76. The molecule has 4 unspecified atom stereocenters. The highest BCUT2D eigenvalue weighted by molar-refractivity contribution is 7.99. The Morgan fingerprint density at radius 1 is 1.19 bits per heavy atom. The monoisotopic (exact) mass is 304 g/mol. The van der Waals surface area contributed by atoms with Gasteiger partial charge >= 0.3 is 0 Å². The smallest absolute Gasteiger partial charge is 0.0450 e. The molecule has 3 heteroatoms. The third-order valence-corrected chi connectivity index (χ3v) is 6.32. The van der Waals surface area contributed by atoms with Crippen LogP contribution in [0.5, 0.6) is 0 Å². The van der Waals surface area contributed by atoms with E-state index >= 15 is 0 Å². The van der Waals surface area contributed by atoms with Gasteiger partial charge in [-0.1, -0.05) is 36.8 Å².